The molecule has 20 aromatic carbocycles. The molecular weight excluding hydrogens is 1660 g/mol. The van der Waals surface area contributed by atoms with Gasteiger partial charge in [-0.1, -0.05) is 388 Å². The van der Waals surface area contributed by atoms with E-state index in [-0.39, 0.29) is 0 Å². The summed E-state index contributed by atoms with van der Waals surface area (Å²) in [7, 11) is 0. The summed E-state index contributed by atoms with van der Waals surface area (Å²) in [6.45, 7) is 0. The summed E-state index contributed by atoms with van der Waals surface area (Å²) >= 11 is 0. The van der Waals surface area contributed by atoms with Gasteiger partial charge in [0.25, 0.3) is 0 Å². The molecule has 136 heavy (non-hydrogen) atoms. The lowest BCUT2D eigenvalue weighted by molar-refractivity contribution is 0.671. The van der Waals surface area contributed by atoms with Crippen LogP contribution in [-0.4, -0.2) is 39.0 Å². The number of aromatic nitrogens is 8. The smallest absolute Gasteiger partial charge is 0.164 e. The van der Waals surface area contributed by atoms with Crippen LogP contribution in [0.4, 0.5) is 0 Å². The van der Waals surface area contributed by atoms with E-state index in [1.165, 1.54) is 33.0 Å². The molecule has 0 spiro atoms. The van der Waals surface area contributed by atoms with Crippen LogP contribution >= 0.6 is 0 Å². The lowest BCUT2D eigenvalue weighted by atomic mass is 9.89. The van der Waals surface area contributed by atoms with Gasteiger partial charge < -0.3 is 18.0 Å². The molecule has 10 heteroatoms. The first kappa shape index (κ1) is 79.8. The first-order valence-corrected chi connectivity index (χ1v) is 45.9. The summed E-state index contributed by atoms with van der Waals surface area (Å²) in [5, 5.41) is 8.89. The maximum absolute atomic E-state index is 7.05. The molecule has 0 unspecified atom stereocenters. The van der Waals surface area contributed by atoms with E-state index in [1.54, 1.807) is 0 Å². The molecule has 0 fully saturated rings. The van der Waals surface area contributed by atoms with E-state index in [9.17, 15) is 0 Å². The van der Waals surface area contributed by atoms with Crippen molar-refractivity contribution >= 4 is 87.5 Å². The molecule has 26 rings (SSSR count). The van der Waals surface area contributed by atoms with Crippen molar-refractivity contribution in [2.45, 2.75) is 0 Å². The molecular formula is C126H80N8O2. The average Bonchev–Trinajstić information content (AvgIpc) is 1.55. The SMILES string of the molecule is c1ccc(-c2nc(-c3ccccc3)nc(-c3cc(-c4ccc(-c5ccccc5)c(-c5ccccc5)c4)ccc3-c3ccc4c(c3)oc3c4ccc4c5ccccc5n(-c5ccccc5)c43)n2)cc1.c1ccc(-c2nc(-c3ccccc3)nc(-c3cc(-c4ccc(-c5ccccc5)c(-c5ccccc5)c4)ccc3-c3ccc4oc5c(ccc6c7ccccc7n(-c7ccccc7)c65)c4c3)n2)cc1. The van der Waals surface area contributed by atoms with Gasteiger partial charge in [0.1, 0.15) is 11.2 Å². The molecule has 0 radical (unpaired) electrons. The van der Waals surface area contributed by atoms with Gasteiger partial charge in [0.15, 0.2) is 46.1 Å². The summed E-state index contributed by atoms with van der Waals surface area (Å²) < 4.78 is 18.6. The van der Waals surface area contributed by atoms with Crippen molar-refractivity contribution in [3.8, 4) is 169 Å². The molecule has 0 aliphatic heterocycles. The number of rotatable bonds is 16. The molecule has 0 atom stereocenters. The van der Waals surface area contributed by atoms with Crippen LogP contribution in [0.3, 0.4) is 0 Å². The Labute approximate surface area is 784 Å². The summed E-state index contributed by atoms with van der Waals surface area (Å²) in [4.78, 5) is 31.3. The Hall–Kier alpha value is -18.4. The maximum atomic E-state index is 7.05. The largest absolute Gasteiger partial charge is 0.454 e. The molecule has 0 amide bonds. The Morgan fingerprint density at radius 2 is 0.412 bits per heavy atom. The molecule has 10 nitrogen and oxygen atoms in total. The molecule has 6 aromatic heterocycles. The Morgan fingerprint density at radius 1 is 0.147 bits per heavy atom. The second kappa shape index (κ2) is 34.2. The van der Waals surface area contributed by atoms with Crippen molar-refractivity contribution < 1.29 is 8.83 Å². The molecule has 0 saturated carbocycles. The fourth-order valence-electron chi connectivity index (χ4n) is 19.7. The highest BCUT2D eigenvalue weighted by Crippen LogP contribution is 2.49. The fraction of sp³-hybridized carbons (Fsp3) is 0. The number of fused-ring (bicyclic) bond motifs is 14. The Bertz CT molecular complexity index is 8810. The van der Waals surface area contributed by atoms with Gasteiger partial charge in [0, 0.05) is 87.8 Å². The Morgan fingerprint density at radius 3 is 0.787 bits per heavy atom. The maximum Gasteiger partial charge on any atom is 0.164 e. The molecule has 636 valence electrons. The van der Waals surface area contributed by atoms with E-state index in [2.05, 4.69) is 397 Å². The third-order valence-corrected chi connectivity index (χ3v) is 26.2. The minimum atomic E-state index is 0.581. The Balaban J connectivity index is 0.000000145. The monoisotopic (exact) mass is 1740 g/mol. The number of furan rings is 2. The van der Waals surface area contributed by atoms with Gasteiger partial charge in [-0.25, -0.2) is 29.9 Å². The number of nitrogens with zero attached hydrogens (tertiary/aromatic N) is 8. The molecule has 0 aliphatic carbocycles. The number of para-hydroxylation sites is 4. The van der Waals surface area contributed by atoms with E-state index in [0.29, 0.717) is 34.9 Å². The standard InChI is InChI=1S/2C63H40N4O/c1-6-18-41(19-7-1)49-33-30-45(38-54(49)42-20-8-2-9-21-42)46-31-34-50(56(39-46)63-65-61(43-22-10-3-11-23-43)64-62(66-63)44-24-12-4-13-25-44)47-32-37-58-55(40-47)53-36-35-52-51-28-16-17-29-57(51)67(59(52)60(53)68-58)48-26-14-5-15-27-48;1-6-18-41(19-7-1)49-33-30-45(38-55(49)42-20-8-2-9-21-42)46-31-34-50(56(39-46)63-65-61(43-22-10-3-11-23-43)64-62(66-63)44-24-12-4-13-25-44)47-32-35-52-54-37-36-53-51-28-16-17-29-57(51)67(48-26-14-5-15-27-48)59(53)60(54)68-58(52)40-47/h2*1-40H. The van der Waals surface area contributed by atoms with Gasteiger partial charge >= 0.3 is 0 Å². The molecule has 26 aromatic rings. The van der Waals surface area contributed by atoms with Gasteiger partial charge in [0.2, 0.25) is 0 Å². The van der Waals surface area contributed by atoms with Crippen molar-refractivity contribution in [1.82, 2.24) is 39.0 Å². The highest BCUT2D eigenvalue weighted by molar-refractivity contribution is 6.24. The van der Waals surface area contributed by atoms with Crippen LogP contribution in [0.2, 0.25) is 0 Å². The topological polar surface area (TPSA) is 113 Å². The predicted octanol–water partition coefficient (Wildman–Crippen LogP) is 33.1. The molecule has 0 aliphatic rings. The fourth-order valence-corrected chi connectivity index (χ4v) is 19.7. The Kier molecular flexibility index (Phi) is 20.0. The summed E-state index contributed by atoms with van der Waals surface area (Å²) in [5.41, 5.74) is 32.9. The van der Waals surface area contributed by atoms with Crippen LogP contribution in [0.5, 0.6) is 0 Å². The molecule has 0 N–H and O–H groups in total. The van der Waals surface area contributed by atoms with Crippen molar-refractivity contribution in [1.29, 1.82) is 0 Å². The highest BCUT2D eigenvalue weighted by Gasteiger charge is 2.27. The van der Waals surface area contributed by atoms with Gasteiger partial charge in [-0.2, -0.15) is 0 Å². The van der Waals surface area contributed by atoms with Crippen LogP contribution in [0, 0.1) is 0 Å². The zero-order valence-corrected chi connectivity index (χ0v) is 73.6. The summed E-state index contributed by atoms with van der Waals surface area (Å²) in [5.74, 6) is 3.60. The van der Waals surface area contributed by atoms with Gasteiger partial charge in [-0.05, 0) is 186 Å². The summed E-state index contributed by atoms with van der Waals surface area (Å²) in [6, 6.07) is 170. The van der Waals surface area contributed by atoms with Crippen molar-refractivity contribution in [2.75, 3.05) is 0 Å². The van der Waals surface area contributed by atoms with Crippen LogP contribution in [0.25, 0.3) is 256 Å². The van der Waals surface area contributed by atoms with E-state index in [0.717, 1.165) is 188 Å². The third-order valence-electron chi connectivity index (χ3n) is 26.2. The first-order chi connectivity index (χ1) is 67.4. The minimum Gasteiger partial charge on any atom is -0.454 e. The number of hydrogen-bond donors (Lipinski definition) is 0. The van der Waals surface area contributed by atoms with Gasteiger partial charge in [-0.15, -0.1) is 0 Å². The number of benzene rings is 20. The van der Waals surface area contributed by atoms with E-state index >= 15 is 0 Å². The van der Waals surface area contributed by atoms with Crippen molar-refractivity contribution in [3.05, 3.63) is 485 Å². The highest BCUT2D eigenvalue weighted by atomic mass is 16.3. The molecule has 6 heterocycles. The van der Waals surface area contributed by atoms with E-state index < -0.39 is 0 Å². The number of hydrogen-bond acceptors (Lipinski definition) is 8. The normalized spacial score (nSPS) is 11.5. The zero-order chi connectivity index (χ0) is 89.9. The van der Waals surface area contributed by atoms with Gasteiger partial charge in [-0.3, -0.25) is 0 Å². The quantitative estimate of drug-likeness (QED) is 0.0940. The van der Waals surface area contributed by atoms with E-state index in [4.69, 9.17) is 38.7 Å². The lowest BCUT2D eigenvalue weighted by Crippen LogP contribution is -2.01. The van der Waals surface area contributed by atoms with Crippen molar-refractivity contribution in [2.24, 2.45) is 0 Å². The van der Waals surface area contributed by atoms with Gasteiger partial charge in [0.05, 0.1) is 22.1 Å². The second-order valence-electron chi connectivity index (χ2n) is 34.3. The molecule has 0 saturated heterocycles. The first-order valence-electron chi connectivity index (χ1n) is 45.9. The predicted molar refractivity (Wildman–Crippen MR) is 559 cm³/mol. The van der Waals surface area contributed by atoms with Crippen LogP contribution in [0.1, 0.15) is 0 Å². The lowest BCUT2D eigenvalue weighted by Gasteiger charge is -2.16. The van der Waals surface area contributed by atoms with Crippen LogP contribution in [-0.2, 0) is 0 Å². The third kappa shape index (κ3) is 14.5. The molecule has 0 bridgehead atoms. The summed E-state index contributed by atoms with van der Waals surface area (Å²) in [6.07, 6.45) is 0. The minimum absolute atomic E-state index is 0.581. The second-order valence-corrected chi connectivity index (χ2v) is 34.3. The van der Waals surface area contributed by atoms with Crippen LogP contribution in [0.15, 0.2) is 494 Å². The van der Waals surface area contributed by atoms with Crippen molar-refractivity contribution in [3.63, 3.8) is 0 Å². The van der Waals surface area contributed by atoms with Crippen LogP contribution < -0.4 is 0 Å². The average molecular weight is 1740 g/mol. The van der Waals surface area contributed by atoms with E-state index in [1.807, 2.05) is 97.1 Å². The zero-order valence-electron chi connectivity index (χ0n) is 73.6.